The van der Waals surface area contributed by atoms with Crippen LogP contribution in [-0.2, 0) is 0 Å². The van der Waals surface area contributed by atoms with Gasteiger partial charge in [0.15, 0.2) is 0 Å². The highest BCUT2D eigenvalue weighted by atomic mass is 16.6. The van der Waals surface area contributed by atoms with Crippen molar-refractivity contribution in [1.29, 1.82) is 0 Å². The minimum atomic E-state index is -1.17. The highest BCUT2D eigenvalue weighted by molar-refractivity contribution is 5.91. The second-order valence-corrected chi connectivity index (χ2v) is 5.85. The molecule has 0 saturated heterocycles. The van der Waals surface area contributed by atoms with Gasteiger partial charge in [-0.1, -0.05) is 12.8 Å². The number of aromatic carboxylic acids is 1. The number of hydrogen-bond acceptors (Lipinski definition) is 4. The van der Waals surface area contributed by atoms with E-state index in [1.54, 1.807) is 30.0 Å². The number of nitro benzene ring substituents is 1. The van der Waals surface area contributed by atoms with Crippen LogP contribution >= 0.6 is 0 Å². The molecule has 0 atom stereocenters. The summed E-state index contributed by atoms with van der Waals surface area (Å²) in [5.74, 6) is -0.0593. The van der Waals surface area contributed by atoms with Gasteiger partial charge in [-0.3, -0.25) is 14.7 Å². The number of imidazole rings is 1. The quantitative estimate of drug-likeness (QED) is 0.688. The molecule has 0 bridgehead atoms. The predicted molar refractivity (Wildman–Crippen MR) is 83.1 cm³/mol. The Balaban J connectivity index is 2.16. The fourth-order valence-corrected chi connectivity index (χ4v) is 3.26. The first-order chi connectivity index (χ1) is 11.0. The molecule has 7 nitrogen and oxygen atoms in total. The molecule has 7 heteroatoms. The lowest BCUT2D eigenvalue weighted by atomic mass is 10.0. The average Bonchev–Trinajstić information content (AvgIpc) is 3.17. The Morgan fingerprint density at radius 2 is 2.09 bits per heavy atom. The first-order valence-electron chi connectivity index (χ1n) is 7.55. The van der Waals surface area contributed by atoms with Crippen molar-refractivity contribution in [1.82, 2.24) is 9.55 Å². The number of aryl methyl sites for hydroxylation is 1. The number of carboxylic acids is 1. The van der Waals surface area contributed by atoms with Crippen molar-refractivity contribution in [3.8, 4) is 5.69 Å². The van der Waals surface area contributed by atoms with E-state index < -0.39 is 10.9 Å². The molecule has 0 aliphatic heterocycles. The highest BCUT2D eigenvalue weighted by Gasteiger charge is 2.26. The molecule has 23 heavy (non-hydrogen) atoms. The largest absolute Gasteiger partial charge is 0.478 e. The molecule has 1 aromatic heterocycles. The number of benzene rings is 1. The van der Waals surface area contributed by atoms with Crippen molar-refractivity contribution >= 4 is 11.7 Å². The van der Waals surface area contributed by atoms with Crippen molar-refractivity contribution < 1.29 is 14.8 Å². The maximum absolute atomic E-state index is 11.4. The molecular weight excluding hydrogens is 298 g/mol. The van der Waals surface area contributed by atoms with Crippen LogP contribution in [0.25, 0.3) is 5.69 Å². The monoisotopic (exact) mass is 315 g/mol. The molecule has 1 heterocycles. The van der Waals surface area contributed by atoms with Crippen molar-refractivity contribution in [2.75, 3.05) is 0 Å². The predicted octanol–water partition coefficient (Wildman–Crippen LogP) is 3.44. The summed E-state index contributed by atoms with van der Waals surface area (Å²) in [5, 5.41) is 20.6. The summed E-state index contributed by atoms with van der Waals surface area (Å²) in [5.41, 5.74) is 0.592. The minimum Gasteiger partial charge on any atom is -0.478 e. The zero-order valence-electron chi connectivity index (χ0n) is 12.7. The zero-order valence-corrected chi connectivity index (χ0v) is 12.7. The molecule has 1 fully saturated rings. The Morgan fingerprint density at radius 3 is 2.70 bits per heavy atom. The van der Waals surface area contributed by atoms with Gasteiger partial charge in [-0.2, -0.15) is 0 Å². The van der Waals surface area contributed by atoms with Crippen LogP contribution in [0, 0.1) is 17.0 Å². The van der Waals surface area contributed by atoms with Gasteiger partial charge in [-0.05, 0) is 31.4 Å². The highest BCUT2D eigenvalue weighted by Crippen LogP contribution is 2.36. The fraction of sp³-hybridized carbons (Fsp3) is 0.375. The normalized spacial score (nSPS) is 15.0. The van der Waals surface area contributed by atoms with Gasteiger partial charge in [0.1, 0.15) is 11.5 Å². The van der Waals surface area contributed by atoms with E-state index in [1.807, 2.05) is 0 Å². The molecule has 3 rings (SSSR count). The molecule has 1 aromatic carbocycles. The van der Waals surface area contributed by atoms with Gasteiger partial charge in [-0.15, -0.1) is 0 Å². The van der Waals surface area contributed by atoms with E-state index in [9.17, 15) is 20.0 Å². The van der Waals surface area contributed by atoms with Crippen LogP contribution in [0.4, 0.5) is 5.69 Å². The van der Waals surface area contributed by atoms with Crippen molar-refractivity contribution in [3.63, 3.8) is 0 Å². The second-order valence-electron chi connectivity index (χ2n) is 5.85. The molecule has 0 radical (unpaired) electrons. The minimum absolute atomic E-state index is 0.0528. The zero-order chi connectivity index (χ0) is 16.6. The van der Waals surface area contributed by atoms with Crippen LogP contribution in [0.5, 0.6) is 0 Å². The van der Waals surface area contributed by atoms with Crippen molar-refractivity contribution in [2.24, 2.45) is 0 Å². The van der Waals surface area contributed by atoms with Crippen LogP contribution in [0.3, 0.4) is 0 Å². The van der Waals surface area contributed by atoms with Crippen LogP contribution in [0.2, 0.25) is 0 Å². The lowest BCUT2D eigenvalue weighted by Crippen LogP contribution is -2.09. The van der Waals surface area contributed by atoms with Crippen molar-refractivity contribution in [3.05, 3.63) is 51.6 Å². The van der Waals surface area contributed by atoms with Crippen LogP contribution in [-0.4, -0.2) is 25.6 Å². The Kier molecular flexibility index (Phi) is 3.85. The number of carboxylic acid groups (broad SMARTS) is 1. The lowest BCUT2D eigenvalue weighted by molar-refractivity contribution is -0.384. The molecule has 0 spiro atoms. The summed E-state index contributed by atoms with van der Waals surface area (Å²) in [7, 11) is 0. The summed E-state index contributed by atoms with van der Waals surface area (Å²) < 4.78 is 1.73. The SMILES string of the molecule is Cc1cc(-n2ccnc2C2CCCC2)c([N+](=O)[O-])cc1C(=O)O. The number of hydrogen-bond donors (Lipinski definition) is 1. The number of carbonyl (C=O) groups is 1. The van der Waals surface area contributed by atoms with E-state index in [4.69, 9.17) is 0 Å². The van der Waals surface area contributed by atoms with E-state index >= 15 is 0 Å². The summed E-state index contributed by atoms with van der Waals surface area (Å²) in [6, 6.07) is 2.69. The molecule has 1 saturated carbocycles. The number of nitro groups is 1. The number of aromatic nitrogens is 2. The molecular formula is C16H17N3O4. The van der Waals surface area contributed by atoms with Gasteiger partial charge in [0, 0.05) is 24.4 Å². The van der Waals surface area contributed by atoms with E-state index in [0.717, 1.165) is 37.6 Å². The maximum atomic E-state index is 11.4. The molecule has 0 unspecified atom stereocenters. The van der Waals surface area contributed by atoms with Gasteiger partial charge in [0.05, 0.1) is 10.5 Å². The second kappa shape index (κ2) is 5.83. The smallest absolute Gasteiger partial charge is 0.336 e. The third kappa shape index (κ3) is 2.69. The molecule has 120 valence electrons. The summed E-state index contributed by atoms with van der Waals surface area (Å²) in [6.45, 7) is 1.64. The molecule has 1 aliphatic carbocycles. The van der Waals surface area contributed by atoms with E-state index in [-0.39, 0.29) is 11.3 Å². The lowest BCUT2D eigenvalue weighted by Gasteiger charge is -2.14. The Labute approximate surface area is 132 Å². The van der Waals surface area contributed by atoms with Gasteiger partial charge in [-0.25, -0.2) is 9.78 Å². The summed E-state index contributed by atoms with van der Waals surface area (Å²) >= 11 is 0. The van der Waals surface area contributed by atoms with Crippen molar-refractivity contribution in [2.45, 2.75) is 38.5 Å². The van der Waals surface area contributed by atoms with E-state index in [1.165, 1.54) is 0 Å². The fourth-order valence-electron chi connectivity index (χ4n) is 3.26. The molecule has 0 amide bonds. The maximum Gasteiger partial charge on any atom is 0.336 e. The van der Waals surface area contributed by atoms with Gasteiger partial charge < -0.3 is 5.11 Å². The summed E-state index contributed by atoms with van der Waals surface area (Å²) in [6.07, 6.45) is 7.66. The van der Waals surface area contributed by atoms with Crippen LogP contribution in [0.1, 0.15) is 53.3 Å². The van der Waals surface area contributed by atoms with Gasteiger partial charge >= 0.3 is 5.97 Å². The van der Waals surface area contributed by atoms with Crippen LogP contribution in [0.15, 0.2) is 24.5 Å². The average molecular weight is 315 g/mol. The van der Waals surface area contributed by atoms with E-state index in [0.29, 0.717) is 17.2 Å². The first-order valence-corrected chi connectivity index (χ1v) is 7.55. The summed E-state index contributed by atoms with van der Waals surface area (Å²) in [4.78, 5) is 26.5. The first kappa shape index (κ1) is 15.2. The standard InChI is InChI=1S/C16H17N3O4/c1-10-8-13(14(19(22)23)9-12(10)16(20)21)18-7-6-17-15(18)11-4-2-3-5-11/h6-9,11H,2-5H2,1H3,(H,20,21). The number of nitrogens with zero attached hydrogens (tertiary/aromatic N) is 3. The van der Waals surface area contributed by atoms with Crippen LogP contribution < -0.4 is 0 Å². The Bertz CT molecular complexity index is 776. The molecule has 2 aromatic rings. The third-order valence-electron chi connectivity index (χ3n) is 4.40. The topological polar surface area (TPSA) is 98.3 Å². The molecule has 1 aliphatic rings. The van der Waals surface area contributed by atoms with Gasteiger partial charge in [0.2, 0.25) is 0 Å². The third-order valence-corrected chi connectivity index (χ3v) is 4.40. The Morgan fingerprint density at radius 1 is 1.39 bits per heavy atom. The van der Waals surface area contributed by atoms with Gasteiger partial charge in [0.25, 0.3) is 5.69 Å². The van der Waals surface area contributed by atoms with E-state index in [2.05, 4.69) is 4.98 Å². The Hall–Kier alpha value is -2.70. The molecule has 1 N–H and O–H groups in total. The number of rotatable bonds is 4.